The van der Waals surface area contributed by atoms with E-state index in [0.717, 1.165) is 25.0 Å². The topological polar surface area (TPSA) is 72.2 Å². The van der Waals surface area contributed by atoms with Gasteiger partial charge in [0.2, 0.25) is 0 Å². The second-order valence-corrected chi connectivity index (χ2v) is 6.46. The minimum absolute atomic E-state index is 0.0936. The highest BCUT2D eigenvalue weighted by Gasteiger charge is 2.46. The van der Waals surface area contributed by atoms with E-state index in [2.05, 4.69) is 5.32 Å². The fourth-order valence-electron chi connectivity index (χ4n) is 1.54. The number of anilines is 1. The minimum atomic E-state index is -5.28. The van der Waals surface area contributed by atoms with Gasteiger partial charge in [0.05, 0.1) is 4.90 Å². The number of nitrogens with one attached hydrogen (secondary N) is 1. The molecule has 0 aliphatic heterocycles. The average Bonchev–Trinajstić information content (AvgIpc) is 2.33. The first-order valence-corrected chi connectivity index (χ1v) is 7.54. The summed E-state index contributed by atoms with van der Waals surface area (Å²) in [5.41, 5.74) is 0.866. The maximum absolute atomic E-state index is 12.3. The van der Waals surface area contributed by atoms with E-state index in [0.29, 0.717) is 12.2 Å². The van der Waals surface area contributed by atoms with Crippen LogP contribution in [0.25, 0.3) is 0 Å². The van der Waals surface area contributed by atoms with Gasteiger partial charge in [-0.2, -0.15) is 13.2 Å². The van der Waals surface area contributed by atoms with Crippen molar-refractivity contribution in [1.29, 1.82) is 0 Å². The lowest BCUT2D eigenvalue weighted by Gasteiger charge is -2.10. The van der Waals surface area contributed by atoms with Crippen LogP contribution in [0.3, 0.4) is 0 Å². The summed E-state index contributed by atoms with van der Waals surface area (Å²) in [7, 11) is -5.27. The zero-order chi connectivity index (χ0) is 15.4. The molecule has 1 aromatic rings. The molecule has 1 rings (SSSR count). The van der Waals surface area contributed by atoms with Crippen molar-refractivity contribution in [3.05, 3.63) is 24.3 Å². The molecule has 0 heterocycles. The van der Waals surface area contributed by atoms with Crippen LogP contribution < -0.4 is 11.1 Å². The highest BCUT2D eigenvalue weighted by Crippen LogP contribution is 2.30. The predicted molar refractivity (Wildman–Crippen MR) is 71.1 cm³/mol. The molecule has 0 aliphatic rings. The summed E-state index contributed by atoms with van der Waals surface area (Å²) >= 11 is 0. The van der Waals surface area contributed by atoms with Crippen LogP contribution in [0.2, 0.25) is 0 Å². The zero-order valence-corrected chi connectivity index (χ0v) is 11.8. The van der Waals surface area contributed by atoms with Crippen LogP contribution in [0.1, 0.15) is 19.8 Å². The quantitative estimate of drug-likeness (QED) is 0.792. The normalized spacial score (nSPS) is 14.1. The Hall–Kier alpha value is -1.28. The number of sulfone groups is 1. The Bertz CT molecular complexity index is 525. The molecule has 0 aromatic heterocycles. The molecule has 0 radical (unpaired) electrons. The fraction of sp³-hybridized carbons (Fsp3) is 0.500. The number of benzene rings is 1. The number of alkyl halides is 3. The summed E-state index contributed by atoms with van der Waals surface area (Å²) in [5, 5.41) is 2.99. The van der Waals surface area contributed by atoms with E-state index in [1.165, 1.54) is 12.1 Å². The smallest absolute Gasteiger partial charge is 0.385 e. The number of halogens is 3. The maximum Gasteiger partial charge on any atom is 0.501 e. The van der Waals surface area contributed by atoms with Crippen molar-refractivity contribution in [3.63, 3.8) is 0 Å². The molecular formula is C12H17F3N2O2S. The van der Waals surface area contributed by atoms with E-state index in [9.17, 15) is 21.6 Å². The number of hydrogen-bond donors (Lipinski definition) is 2. The SMILES string of the molecule is CC(N)CCCNc1ccc(S(=O)(=O)C(F)(F)F)cc1. The second-order valence-electron chi connectivity index (χ2n) is 4.52. The van der Waals surface area contributed by atoms with E-state index < -0.39 is 20.2 Å². The Morgan fingerprint density at radius 2 is 1.80 bits per heavy atom. The van der Waals surface area contributed by atoms with E-state index >= 15 is 0 Å². The van der Waals surface area contributed by atoms with Gasteiger partial charge in [-0.05, 0) is 44.0 Å². The molecule has 0 fully saturated rings. The second kappa shape index (κ2) is 6.45. The maximum atomic E-state index is 12.3. The third-order valence-electron chi connectivity index (χ3n) is 2.63. The van der Waals surface area contributed by atoms with Gasteiger partial charge in [0.1, 0.15) is 0 Å². The lowest BCUT2D eigenvalue weighted by molar-refractivity contribution is -0.0436. The summed E-state index contributed by atoms with van der Waals surface area (Å²) in [6.07, 6.45) is 1.65. The predicted octanol–water partition coefficient (Wildman–Crippen LogP) is 2.52. The molecular weight excluding hydrogens is 293 g/mol. The molecule has 1 atom stereocenters. The summed E-state index contributed by atoms with van der Waals surface area (Å²) in [5.74, 6) is 0. The molecule has 0 amide bonds. The van der Waals surface area contributed by atoms with E-state index in [1.54, 1.807) is 0 Å². The van der Waals surface area contributed by atoms with Crippen molar-refractivity contribution < 1.29 is 21.6 Å². The van der Waals surface area contributed by atoms with Crippen LogP contribution in [0.4, 0.5) is 18.9 Å². The molecule has 0 bridgehead atoms. The van der Waals surface area contributed by atoms with E-state index in [-0.39, 0.29) is 6.04 Å². The highest BCUT2D eigenvalue weighted by atomic mass is 32.2. The van der Waals surface area contributed by atoms with Crippen LogP contribution in [-0.2, 0) is 9.84 Å². The zero-order valence-electron chi connectivity index (χ0n) is 10.9. The molecule has 8 heteroatoms. The average molecular weight is 310 g/mol. The number of nitrogens with two attached hydrogens (primary N) is 1. The number of hydrogen-bond acceptors (Lipinski definition) is 4. The monoisotopic (exact) mass is 310 g/mol. The van der Waals surface area contributed by atoms with Gasteiger partial charge in [-0.1, -0.05) is 0 Å². The van der Waals surface area contributed by atoms with Gasteiger partial charge in [0.25, 0.3) is 9.84 Å². The van der Waals surface area contributed by atoms with Gasteiger partial charge in [0, 0.05) is 18.3 Å². The van der Waals surface area contributed by atoms with Gasteiger partial charge in [0.15, 0.2) is 0 Å². The molecule has 0 aliphatic carbocycles. The van der Waals surface area contributed by atoms with Crippen LogP contribution >= 0.6 is 0 Å². The molecule has 1 aromatic carbocycles. The third kappa shape index (κ3) is 4.38. The van der Waals surface area contributed by atoms with Gasteiger partial charge in [-0.25, -0.2) is 8.42 Å². The Kier molecular flexibility index (Phi) is 5.41. The molecule has 3 N–H and O–H groups in total. The third-order valence-corrected chi connectivity index (χ3v) is 4.14. The highest BCUT2D eigenvalue weighted by molar-refractivity contribution is 7.92. The van der Waals surface area contributed by atoms with Crippen LogP contribution in [0.5, 0.6) is 0 Å². The standard InChI is InChI=1S/C12H17F3N2O2S/c1-9(16)3-2-8-17-10-4-6-11(7-5-10)20(18,19)12(13,14)15/h4-7,9,17H,2-3,8,16H2,1H3. The van der Waals surface area contributed by atoms with Crippen molar-refractivity contribution in [1.82, 2.24) is 0 Å². The van der Waals surface area contributed by atoms with Gasteiger partial charge < -0.3 is 11.1 Å². The van der Waals surface area contributed by atoms with Crippen molar-refractivity contribution in [3.8, 4) is 0 Å². The summed E-state index contributed by atoms with van der Waals surface area (Å²) in [4.78, 5) is -0.758. The molecule has 0 saturated heterocycles. The van der Waals surface area contributed by atoms with Crippen molar-refractivity contribution >= 4 is 15.5 Å². The lowest BCUT2D eigenvalue weighted by Crippen LogP contribution is -2.23. The van der Waals surface area contributed by atoms with Crippen LogP contribution in [0.15, 0.2) is 29.2 Å². The first-order chi connectivity index (χ1) is 9.14. The first-order valence-electron chi connectivity index (χ1n) is 6.05. The van der Waals surface area contributed by atoms with Gasteiger partial charge in [-0.3, -0.25) is 0 Å². The van der Waals surface area contributed by atoms with Crippen molar-refractivity contribution in [2.45, 2.75) is 36.2 Å². The molecule has 20 heavy (non-hydrogen) atoms. The summed E-state index contributed by atoms with van der Waals surface area (Å²) < 4.78 is 59.3. The van der Waals surface area contributed by atoms with Gasteiger partial charge >= 0.3 is 5.51 Å². The van der Waals surface area contributed by atoms with Crippen LogP contribution in [0, 0.1) is 0 Å². The Morgan fingerprint density at radius 1 is 1.25 bits per heavy atom. The molecule has 1 unspecified atom stereocenters. The Morgan fingerprint density at radius 3 is 2.25 bits per heavy atom. The number of rotatable bonds is 6. The van der Waals surface area contributed by atoms with Gasteiger partial charge in [-0.15, -0.1) is 0 Å². The molecule has 0 spiro atoms. The Balaban J connectivity index is 2.66. The van der Waals surface area contributed by atoms with E-state index in [4.69, 9.17) is 5.73 Å². The summed E-state index contributed by atoms with van der Waals surface area (Å²) in [6, 6.07) is 4.60. The minimum Gasteiger partial charge on any atom is -0.385 e. The fourth-order valence-corrected chi connectivity index (χ4v) is 2.30. The van der Waals surface area contributed by atoms with Crippen molar-refractivity contribution in [2.75, 3.05) is 11.9 Å². The summed E-state index contributed by atoms with van der Waals surface area (Å²) in [6.45, 7) is 2.50. The first kappa shape index (κ1) is 16.8. The molecule has 114 valence electrons. The van der Waals surface area contributed by atoms with E-state index in [1.807, 2.05) is 6.92 Å². The van der Waals surface area contributed by atoms with Crippen LogP contribution in [-0.4, -0.2) is 26.5 Å². The lowest BCUT2D eigenvalue weighted by atomic mass is 10.2. The molecule has 0 saturated carbocycles. The molecule has 4 nitrogen and oxygen atoms in total. The van der Waals surface area contributed by atoms with Crippen molar-refractivity contribution in [2.24, 2.45) is 5.73 Å². The Labute approximate surface area is 116 Å². The largest absolute Gasteiger partial charge is 0.501 e.